The molecule has 1 unspecified atom stereocenters. The first kappa shape index (κ1) is 15.1. The summed E-state index contributed by atoms with van der Waals surface area (Å²) in [7, 11) is 3.21. The van der Waals surface area contributed by atoms with Gasteiger partial charge in [-0.1, -0.05) is 0 Å². The van der Waals surface area contributed by atoms with Crippen LogP contribution in [0.2, 0.25) is 0 Å². The fourth-order valence-electron chi connectivity index (χ4n) is 2.97. The van der Waals surface area contributed by atoms with Gasteiger partial charge in [0.2, 0.25) is 0 Å². The molecule has 1 atom stereocenters. The summed E-state index contributed by atoms with van der Waals surface area (Å²) < 4.78 is 8.17. The molecule has 122 valence electrons. The van der Waals surface area contributed by atoms with E-state index in [4.69, 9.17) is 4.74 Å². The standard InChI is InChI=1S/C14H16N4O5/c1-14(7-15(2)13(20)23-14)8-17-11-6-9(18(21)22)4-5-10(11)16(3)12(17)19/h4-6H,7-8H2,1-3H3. The van der Waals surface area contributed by atoms with Gasteiger partial charge in [0.15, 0.2) is 0 Å². The van der Waals surface area contributed by atoms with Gasteiger partial charge in [-0.2, -0.15) is 0 Å². The number of nitro benzene ring substituents is 1. The molecule has 2 aromatic rings. The molecule has 0 saturated carbocycles. The molecule has 23 heavy (non-hydrogen) atoms. The van der Waals surface area contributed by atoms with Crippen LogP contribution in [0.5, 0.6) is 0 Å². The van der Waals surface area contributed by atoms with Gasteiger partial charge < -0.3 is 9.64 Å². The van der Waals surface area contributed by atoms with Crippen molar-refractivity contribution in [3.8, 4) is 0 Å². The van der Waals surface area contributed by atoms with E-state index in [1.807, 2.05) is 0 Å². The number of ether oxygens (including phenoxy) is 1. The van der Waals surface area contributed by atoms with Crippen molar-refractivity contribution in [2.75, 3.05) is 13.6 Å². The summed E-state index contributed by atoms with van der Waals surface area (Å²) in [6.07, 6.45) is -0.452. The van der Waals surface area contributed by atoms with Crippen molar-refractivity contribution < 1.29 is 14.5 Å². The van der Waals surface area contributed by atoms with Crippen LogP contribution in [0.15, 0.2) is 23.0 Å². The number of rotatable bonds is 3. The van der Waals surface area contributed by atoms with Crippen molar-refractivity contribution in [3.63, 3.8) is 0 Å². The van der Waals surface area contributed by atoms with E-state index >= 15 is 0 Å². The summed E-state index contributed by atoms with van der Waals surface area (Å²) in [6, 6.07) is 4.26. The topological polar surface area (TPSA) is 99.6 Å². The van der Waals surface area contributed by atoms with Crippen molar-refractivity contribution in [2.45, 2.75) is 19.1 Å². The number of nitrogens with zero attached hydrogens (tertiary/aromatic N) is 4. The van der Waals surface area contributed by atoms with Gasteiger partial charge in [0.05, 0.1) is 29.0 Å². The second-order valence-corrected chi connectivity index (χ2v) is 6.03. The number of fused-ring (bicyclic) bond motifs is 1. The first-order valence-corrected chi connectivity index (χ1v) is 7.00. The summed E-state index contributed by atoms with van der Waals surface area (Å²) in [5.74, 6) is 0. The molecule has 1 saturated heterocycles. The molecule has 0 radical (unpaired) electrons. The van der Waals surface area contributed by atoms with Gasteiger partial charge in [-0.25, -0.2) is 9.59 Å². The average Bonchev–Trinajstić information content (AvgIpc) is 2.87. The predicted octanol–water partition coefficient (Wildman–Crippen LogP) is 1.09. The van der Waals surface area contributed by atoms with Gasteiger partial charge in [-0.05, 0) is 13.0 Å². The minimum atomic E-state index is -0.867. The molecule has 0 spiro atoms. The van der Waals surface area contributed by atoms with Gasteiger partial charge in [0, 0.05) is 26.2 Å². The number of likely N-dealkylation sites (N-methyl/N-ethyl adjacent to an activating group) is 1. The third kappa shape index (κ3) is 2.33. The summed E-state index contributed by atoms with van der Waals surface area (Å²) in [5, 5.41) is 11.0. The Kier molecular flexibility index (Phi) is 3.17. The maximum absolute atomic E-state index is 12.5. The molecule has 3 rings (SSSR count). The Balaban J connectivity index is 2.12. The Hall–Kier alpha value is -2.84. The minimum absolute atomic E-state index is 0.0949. The number of aromatic nitrogens is 2. The Labute approximate surface area is 130 Å². The lowest BCUT2D eigenvalue weighted by atomic mass is 10.1. The number of amides is 1. The molecule has 1 aromatic heterocycles. The van der Waals surface area contributed by atoms with E-state index in [2.05, 4.69) is 0 Å². The largest absolute Gasteiger partial charge is 0.439 e. The molecule has 2 heterocycles. The fraction of sp³-hybridized carbons (Fsp3) is 0.429. The molecule has 0 aliphatic carbocycles. The zero-order valence-corrected chi connectivity index (χ0v) is 13.0. The molecule has 1 aliphatic rings. The van der Waals surface area contributed by atoms with Crippen LogP contribution in [0.3, 0.4) is 0 Å². The normalized spacial score (nSPS) is 21.0. The van der Waals surface area contributed by atoms with E-state index in [0.717, 1.165) is 0 Å². The van der Waals surface area contributed by atoms with Gasteiger partial charge in [0.1, 0.15) is 5.60 Å². The molecule has 9 heteroatoms. The van der Waals surface area contributed by atoms with E-state index < -0.39 is 16.6 Å². The lowest BCUT2D eigenvalue weighted by Crippen LogP contribution is -2.38. The first-order valence-electron chi connectivity index (χ1n) is 7.00. The Morgan fingerprint density at radius 3 is 2.57 bits per heavy atom. The second-order valence-electron chi connectivity index (χ2n) is 6.03. The van der Waals surface area contributed by atoms with E-state index in [-0.39, 0.29) is 17.9 Å². The Morgan fingerprint density at radius 2 is 2.00 bits per heavy atom. The van der Waals surface area contributed by atoms with Crippen molar-refractivity contribution in [1.29, 1.82) is 0 Å². The highest BCUT2D eigenvalue weighted by molar-refractivity contribution is 5.79. The molecule has 0 bridgehead atoms. The molecule has 1 aliphatic heterocycles. The maximum atomic E-state index is 12.5. The third-order valence-electron chi connectivity index (χ3n) is 4.05. The van der Waals surface area contributed by atoms with Crippen LogP contribution in [0.25, 0.3) is 11.0 Å². The van der Waals surface area contributed by atoms with Gasteiger partial charge in [-0.15, -0.1) is 0 Å². The van der Waals surface area contributed by atoms with Crippen LogP contribution in [-0.4, -0.2) is 44.2 Å². The van der Waals surface area contributed by atoms with Crippen LogP contribution in [0, 0.1) is 10.1 Å². The number of hydrogen-bond donors (Lipinski definition) is 0. The number of benzene rings is 1. The van der Waals surface area contributed by atoms with Crippen LogP contribution in [0.4, 0.5) is 10.5 Å². The Bertz CT molecular complexity index is 883. The quantitative estimate of drug-likeness (QED) is 0.622. The van der Waals surface area contributed by atoms with Crippen LogP contribution >= 0.6 is 0 Å². The highest BCUT2D eigenvalue weighted by Gasteiger charge is 2.40. The monoisotopic (exact) mass is 320 g/mol. The van der Waals surface area contributed by atoms with Crippen molar-refractivity contribution in [2.24, 2.45) is 7.05 Å². The molecule has 1 aromatic carbocycles. The molecular weight excluding hydrogens is 304 g/mol. The van der Waals surface area contributed by atoms with E-state index in [0.29, 0.717) is 17.6 Å². The van der Waals surface area contributed by atoms with Crippen LogP contribution in [0.1, 0.15) is 6.92 Å². The van der Waals surface area contributed by atoms with E-state index in [9.17, 15) is 19.7 Å². The van der Waals surface area contributed by atoms with Gasteiger partial charge >= 0.3 is 11.8 Å². The van der Waals surface area contributed by atoms with Crippen molar-refractivity contribution >= 4 is 22.8 Å². The summed E-state index contributed by atoms with van der Waals surface area (Å²) in [4.78, 5) is 36.0. The molecular formula is C14H16N4O5. The van der Waals surface area contributed by atoms with Gasteiger partial charge in [0.25, 0.3) is 5.69 Å². The fourth-order valence-corrected chi connectivity index (χ4v) is 2.97. The second kappa shape index (κ2) is 4.83. The van der Waals surface area contributed by atoms with E-state index in [1.54, 1.807) is 27.1 Å². The minimum Gasteiger partial charge on any atom is -0.439 e. The molecule has 1 fully saturated rings. The maximum Gasteiger partial charge on any atom is 0.410 e. The summed E-state index contributed by atoms with van der Waals surface area (Å²) >= 11 is 0. The zero-order valence-electron chi connectivity index (χ0n) is 13.0. The number of aryl methyl sites for hydroxylation is 1. The van der Waals surface area contributed by atoms with Crippen molar-refractivity contribution in [3.05, 3.63) is 38.8 Å². The lowest BCUT2D eigenvalue weighted by molar-refractivity contribution is -0.384. The first-order chi connectivity index (χ1) is 10.7. The number of nitro groups is 1. The molecule has 1 amide bonds. The predicted molar refractivity (Wildman–Crippen MR) is 81.3 cm³/mol. The number of carbonyl (C=O) groups excluding carboxylic acids is 1. The van der Waals surface area contributed by atoms with Crippen molar-refractivity contribution in [1.82, 2.24) is 14.0 Å². The highest BCUT2D eigenvalue weighted by atomic mass is 16.6. The summed E-state index contributed by atoms with van der Waals surface area (Å²) in [6.45, 7) is 2.20. The lowest BCUT2D eigenvalue weighted by Gasteiger charge is -2.21. The molecule has 9 nitrogen and oxygen atoms in total. The summed E-state index contributed by atoms with van der Waals surface area (Å²) in [5.41, 5.74) is -0.246. The number of imidazole rings is 1. The number of hydrogen-bond acceptors (Lipinski definition) is 5. The highest BCUT2D eigenvalue weighted by Crippen LogP contribution is 2.26. The number of cyclic esters (lactones) is 1. The number of carbonyl (C=O) groups is 1. The van der Waals surface area contributed by atoms with Gasteiger partial charge in [-0.3, -0.25) is 19.2 Å². The van der Waals surface area contributed by atoms with Crippen LogP contribution < -0.4 is 5.69 Å². The Morgan fingerprint density at radius 1 is 1.30 bits per heavy atom. The smallest absolute Gasteiger partial charge is 0.410 e. The average molecular weight is 320 g/mol. The number of non-ortho nitro benzene ring substituents is 1. The van der Waals surface area contributed by atoms with E-state index in [1.165, 1.54) is 26.2 Å². The van der Waals surface area contributed by atoms with Crippen LogP contribution in [-0.2, 0) is 18.3 Å². The SMILES string of the molecule is CN1CC(C)(Cn2c(=O)n(C)c3ccc([N+](=O)[O-])cc32)OC1=O. The molecule has 0 N–H and O–H groups in total. The zero-order chi connectivity index (χ0) is 16.9. The third-order valence-corrected chi connectivity index (χ3v) is 4.05.